The SMILES string of the molecule is Cn1nccc1C(=O)N1CC[C@@H](Nc2ncnc3c2CCC3)C1. The molecule has 0 bridgehead atoms. The largest absolute Gasteiger partial charge is 0.365 e. The third kappa shape index (κ3) is 2.56. The molecule has 120 valence electrons. The Balaban J connectivity index is 1.44. The van der Waals surface area contributed by atoms with Crippen molar-refractivity contribution in [2.75, 3.05) is 18.4 Å². The zero-order valence-corrected chi connectivity index (χ0v) is 13.2. The minimum Gasteiger partial charge on any atom is -0.365 e. The Hall–Kier alpha value is -2.44. The zero-order valence-electron chi connectivity index (χ0n) is 13.2. The van der Waals surface area contributed by atoms with Crippen LogP contribution in [0.5, 0.6) is 0 Å². The van der Waals surface area contributed by atoms with Crippen molar-refractivity contribution in [1.82, 2.24) is 24.6 Å². The summed E-state index contributed by atoms with van der Waals surface area (Å²) in [5.41, 5.74) is 3.06. The second-order valence-corrected chi connectivity index (χ2v) is 6.22. The van der Waals surface area contributed by atoms with Gasteiger partial charge in [-0.2, -0.15) is 5.10 Å². The van der Waals surface area contributed by atoms with E-state index in [4.69, 9.17) is 0 Å². The summed E-state index contributed by atoms with van der Waals surface area (Å²) in [5, 5.41) is 7.59. The number of hydrogen-bond donors (Lipinski definition) is 1. The Morgan fingerprint density at radius 2 is 2.26 bits per heavy atom. The molecule has 1 aliphatic carbocycles. The van der Waals surface area contributed by atoms with Gasteiger partial charge in [0.1, 0.15) is 17.8 Å². The second-order valence-electron chi connectivity index (χ2n) is 6.22. The van der Waals surface area contributed by atoms with Gasteiger partial charge in [0.25, 0.3) is 5.91 Å². The molecule has 2 aromatic heterocycles. The predicted octanol–water partition coefficient (Wildman–Crippen LogP) is 1.03. The van der Waals surface area contributed by atoms with E-state index < -0.39 is 0 Å². The maximum absolute atomic E-state index is 12.5. The number of carbonyl (C=O) groups excluding carboxylic acids is 1. The van der Waals surface area contributed by atoms with E-state index in [9.17, 15) is 4.79 Å². The molecule has 1 N–H and O–H groups in total. The number of amides is 1. The zero-order chi connectivity index (χ0) is 15.8. The highest BCUT2D eigenvalue weighted by Gasteiger charge is 2.29. The summed E-state index contributed by atoms with van der Waals surface area (Å²) in [6.07, 6.45) is 7.47. The Kier molecular flexibility index (Phi) is 3.48. The van der Waals surface area contributed by atoms with Crippen molar-refractivity contribution in [2.24, 2.45) is 7.05 Å². The number of hydrogen-bond acceptors (Lipinski definition) is 5. The van der Waals surface area contributed by atoms with Gasteiger partial charge < -0.3 is 10.2 Å². The van der Waals surface area contributed by atoms with Gasteiger partial charge in [-0.05, 0) is 31.7 Å². The fourth-order valence-electron chi connectivity index (χ4n) is 3.49. The Labute approximate surface area is 134 Å². The maximum Gasteiger partial charge on any atom is 0.272 e. The molecular formula is C16H20N6O. The van der Waals surface area contributed by atoms with Gasteiger partial charge in [-0.3, -0.25) is 9.48 Å². The molecule has 0 radical (unpaired) electrons. The maximum atomic E-state index is 12.5. The Bertz CT molecular complexity index is 740. The van der Waals surface area contributed by atoms with Gasteiger partial charge >= 0.3 is 0 Å². The summed E-state index contributed by atoms with van der Waals surface area (Å²) in [5.74, 6) is 0.995. The van der Waals surface area contributed by atoms with Crippen molar-refractivity contribution in [1.29, 1.82) is 0 Å². The van der Waals surface area contributed by atoms with E-state index >= 15 is 0 Å². The van der Waals surface area contributed by atoms with Crippen LogP contribution in [-0.4, -0.2) is 49.7 Å². The van der Waals surface area contributed by atoms with Gasteiger partial charge in [0.05, 0.1) is 0 Å². The summed E-state index contributed by atoms with van der Waals surface area (Å²) in [6, 6.07) is 2.01. The topological polar surface area (TPSA) is 75.9 Å². The minimum atomic E-state index is 0.0437. The van der Waals surface area contributed by atoms with Crippen molar-refractivity contribution >= 4 is 11.7 Å². The van der Waals surface area contributed by atoms with Crippen LogP contribution in [0.4, 0.5) is 5.82 Å². The lowest BCUT2D eigenvalue weighted by Gasteiger charge is -2.18. The first-order valence-electron chi connectivity index (χ1n) is 8.09. The Morgan fingerprint density at radius 1 is 1.35 bits per heavy atom. The van der Waals surface area contributed by atoms with E-state index in [-0.39, 0.29) is 11.9 Å². The molecule has 2 aromatic rings. The first-order chi connectivity index (χ1) is 11.2. The average molecular weight is 312 g/mol. The molecule has 1 aliphatic heterocycles. The van der Waals surface area contributed by atoms with E-state index in [1.807, 2.05) is 4.90 Å². The Morgan fingerprint density at radius 3 is 3.09 bits per heavy atom. The fraction of sp³-hybridized carbons (Fsp3) is 0.500. The number of aromatic nitrogens is 4. The molecule has 1 amide bonds. The number of aryl methyl sites for hydroxylation is 2. The van der Waals surface area contributed by atoms with Crippen LogP contribution in [0.25, 0.3) is 0 Å². The van der Waals surface area contributed by atoms with Gasteiger partial charge in [-0.15, -0.1) is 0 Å². The predicted molar refractivity (Wildman–Crippen MR) is 85.2 cm³/mol. The summed E-state index contributed by atoms with van der Waals surface area (Å²) >= 11 is 0. The molecule has 0 aromatic carbocycles. The van der Waals surface area contributed by atoms with Crippen LogP contribution < -0.4 is 5.32 Å². The standard InChI is InChI=1S/C16H20N6O/c1-21-14(5-7-19-21)16(23)22-8-6-11(9-22)20-15-12-3-2-4-13(12)17-10-18-15/h5,7,10-11H,2-4,6,8-9H2,1H3,(H,17,18,20)/t11-/m1/s1. The van der Waals surface area contributed by atoms with Crippen LogP contribution in [0.1, 0.15) is 34.6 Å². The highest BCUT2D eigenvalue weighted by molar-refractivity contribution is 5.92. The van der Waals surface area contributed by atoms with Crippen LogP contribution in [-0.2, 0) is 19.9 Å². The van der Waals surface area contributed by atoms with E-state index in [0.29, 0.717) is 12.2 Å². The molecule has 3 heterocycles. The number of carbonyl (C=O) groups is 1. The summed E-state index contributed by atoms with van der Waals surface area (Å²) < 4.78 is 1.63. The highest BCUT2D eigenvalue weighted by atomic mass is 16.2. The van der Waals surface area contributed by atoms with Crippen LogP contribution in [0.2, 0.25) is 0 Å². The lowest BCUT2D eigenvalue weighted by Crippen LogP contribution is -2.33. The van der Waals surface area contributed by atoms with Gasteiger partial charge in [-0.1, -0.05) is 0 Å². The molecule has 1 atom stereocenters. The number of rotatable bonds is 3. The summed E-state index contributed by atoms with van der Waals surface area (Å²) in [7, 11) is 1.79. The molecule has 0 unspecified atom stereocenters. The fourth-order valence-corrected chi connectivity index (χ4v) is 3.49. The molecule has 7 heteroatoms. The highest BCUT2D eigenvalue weighted by Crippen LogP contribution is 2.26. The smallest absolute Gasteiger partial charge is 0.272 e. The molecule has 23 heavy (non-hydrogen) atoms. The first kappa shape index (κ1) is 14.2. The van der Waals surface area contributed by atoms with E-state index in [0.717, 1.165) is 38.0 Å². The molecular weight excluding hydrogens is 292 g/mol. The lowest BCUT2D eigenvalue weighted by molar-refractivity contribution is 0.0780. The van der Waals surface area contributed by atoms with Crippen molar-refractivity contribution in [3.63, 3.8) is 0 Å². The molecule has 2 aliphatic rings. The molecule has 1 fully saturated rings. The van der Waals surface area contributed by atoms with Crippen molar-refractivity contribution in [3.05, 3.63) is 35.5 Å². The van der Waals surface area contributed by atoms with Crippen molar-refractivity contribution in [3.8, 4) is 0 Å². The van der Waals surface area contributed by atoms with Crippen LogP contribution in [0.15, 0.2) is 18.6 Å². The quantitative estimate of drug-likeness (QED) is 0.916. The van der Waals surface area contributed by atoms with E-state index in [2.05, 4.69) is 20.4 Å². The van der Waals surface area contributed by atoms with Gasteiger partial charge in [0.15, 0.2) is 0 Å². The third-order valence-corrected chi connectivity index (χ3v) is 4.73. The second kappa shape index (κ2) is 5.64. The number of fused-ring (bicyclic) bond motifs is 1. The number of nitrogens with zero attached hydrogens (tertiary/aromatic N) is 5. The molecule has 0 spiro atoms. The van der Waals surface area contributed by atoms with Crippen LogP contribution in [0.3, 0.4) is 0 Å². The third-order valence-electron chi connectivity index (χ3n) is 4.73. The van der Waals surface area contributed by atoms with Crippen LogP contribution >= 0.6 is 0 Å². The molecule has 0 saturated carbocycles. The van der Waals surface area contributed by atoms with Crippen molar-refractivity contribution in [2.45, 2.75) is 31.7 Å². The average Bonchev–Trinajstić information content (AvgIpc) is 3.26. The van der Waals surface area contributed by atoms with Crippen LogP contribution in [0, 0.1) is 0 Å². The number of anilines is 1. The summed E-state index contributed by atoms with van der Waals surface area (Å²) in [4.78, 5) is 23.2. The summed E-state index contributed by atoms with van der Waals surface area (Å²) in [6.45, 7) is 1.46. The van der Waals surface area contributed by atoms with Gasteiger partial charge in [-0.25, -0.2) is 9.97 Å². The van der Waals surface area contributed by atoms with E-state index in [1.54, 1.807) is 30.3 Å². The number of likely N-dealkylation sites (tertiary alicyclic amines) is 1. The van der Waals surface area contributed by atoms with Gasteiger partial charge in [0, 0.05) is 43.6 Å². The lowest BCUT2D eigenvalue weighted by atomic mass is 10.2. The first-order valence-corrected chi connectivity index (χ1v) is 8.09. The number of nitrogens with one attached hydrogen (secondary N) is 1. The molecule has 1 saturated heterocycles. The van der Waals surface area contributed by atoms with Gasteiger partial charge in [0.2, 0.25) is 0 Å². The van der Waals surface area contributed by atoms with Crippen molar-refractivity contribution < 1.29 is 4.79 Å². The monoisotopic (exact) mass is 312 g/mol. The van der Waals surface area contributed by atoms with E-state index in [1.165, 1.54) is 11.3 Å². The minimum absolute atomic E-state index is 0.0437. The normalized spacial score (nSPS) is 19.9. The molecule has 4 rings (SSSR count). The molecule has 7 nitrogen and oxygen atoms in total.